The molecule has 0 saturated heterocycles. The maximum absolute atomic E-state index is 5.59. The van der Waals surface area contributed by atoms with E-state index >= 15 is 0 Å². The molecule has 1 rings (SSSR count). The molecule has 0 aromatic heterocycles. The van der Waals surface area contributed by atoms with Gasteiger partial charge in [0.25, 0.3) is 0 Å². The summed E-state index contributed by atoms with van der Waals surface area (Å²) in [5.41, 5.74) is 1.24. The molecular weight excluding hydrogens is 186 g/mol. The van der Waals surface area contributed by atoms with Gasteiger partial charge in [0.2, 0.25) is 0 Å². The van der Waals surface area contributed by atoms with Crippen LogP contribution in [0.15, 0.2) is 24.3 Å². The van der Waals surface area contributed by atoms with E-state index < -0.39 is 0 Å². The van der Waals surface area contributed by atoms with E-state index in [0.717, 1.165) is 5.75 Å². The van der Waals surface area contributed by atoms with Crippen molar-refractivity contribution in [2.45, 2.75) is 19.9 Å². The summed E-state index contributed by atoms with van der Waals surface area (Å²) in [4.78, 5) is 0. The number of terminal acetylenes is 1. The third kappa shape index (κ3) is 4.53. The molecule has 0 amide bonds. The Kier molecular flexibility index (Phi) is 4.73. The summed E-state index contributed by atoms with van der Waals surface area (Å²) in [7, 11) is 0. The van der Waals surface area contributed by atoms with Crippen molar-refractivity contribution in [3.05, 3.63) is 29.8 Å². The van der Waals surface area contributed by atoms with Crippen LogP contribution in [0.2, 0.25) is 0 Å². The van der Waals surface area contributed by atoms with Crippen LogP contribution in [0.1, 0.15) is 12.5 Å². The highest BCUT2D eigenvalue weighted by Gasteiger charge is 2.00. The fourth-order valence-corrected chi connectivity index (χ4v) is 1.15. The molecular formula is C13H17NO. The van der Waals surface area contributed by atoms with Crippen molar-refractivity contribution in [3.8, 4) is 18.1 Å². The number of ether oxygens (including phenoxy) is 1. The van der Waals surface area contributed by atoms with Gasteiger partial charge in [-0.25, -0.2) is 0 Å². The van der Waals surface area contributed by atoms with Gasteiger partial charge >= 0.3 is 0 Å². The highest BCUT2D eigenvalue weighted by Crippen LogP contribution is 2.11. The Labute approximate surface area is 91.6 Å². The first-order chi connectivity index (χ1) is 7.22. The van der Waals surface area contributed by atoms with Gasteiger partial charge in [0.05, 0.1) is 6.54 Å². The Balaban J connectivity index is 2.31. The summed E-state index contributed by atoms with van der Waals surface area (Å²) in [6, 6.07) is 8.29. The van der Waals surface area contributed by atoms with Crippen LogP contribution >= 0.6 is 0 Å². The molecule has 1 unspecified atom stereocenters. The lowest BCUT2D eigenvalue weighted by Crippen LogP contribution is -2.31. The third-order valence-electron chi connectivity index (χ3n) is 2.07. The first-order valence-electron chi connectivity index (χ1n) is 5.08. The van der Waals surface area contributed by atoms with Crippen LogP contribution in [0.3, 0.4) is 0 Å². The number of hydrogen-bond acceptors (Lipinski definition) is 2. The largest absolute Gasteiger partial charge is 0.492 e. The average Bonchev–Trinajstić information content (AvgIpc) is 2.25. The maximum Gasteiger partial charge on any atom is 0.119 e. The monoisotopic (exact) mass is 203 g/mol. The lowest BCUT2D eigenvalue weighted by Gasteiger charge is -2.13. The Hall–Kier alpha value is -1.46. The summed E-state index contributed by atoms with van der Waals surface area (Å²) in [6.07, 6.45) is 5.15. The Morgan fingerprint density at radius 2 is 2.07 bits per heavy atom. The van der Waals surface area contributed by atoms with Gasteiger partial charge in [-0.15, -0.1) is 6.42 Å². The van der Waals surface area contributed by atoms with Gasteiger partial charge in [-0.05, 0) is 26.0 Å². The zero-order valence-electron chi connectivity index (χ0n) is 9.29. The number of aryl methyl sites for hydroxylation is 1. The molecule has 80 valence electrons. The van der Waals surface area contributed by atoms with Crippen molar-refractivity contribution in [2.75, 3.05) is 13.2 Å². The molecule has 2 heteroatoms. The van der Waals surface area contributed by atoms with Crippen LogP contribution < -0.4 is 10.1 Å². The van der Waals surface area contributed by atoms with E-state index in [2.05, 4.69) is 18.2 Å². The standard InChI is InChI=1S/C13H17NO/c1-4-9-14-12(3)10-15-13-7-5-11(2)6-8-13/h1,5-8,12,14H,9-10H2,2-3H3. The van der Waals surface area contributed by atoms with E-state index in [9.17, 15) is 0 Å². The summed E-state index contributed by atoms with van der Waals surface area (Å²) in [5.74, 6) is 3.44. The van der Waals surface area contributed by atoms with Crippen LogP contribution in [0.5, 0.6) is 5.75 Å². The van der Waals surface area contributed by atoms with Gasteiger partial charge in [-0.3, -0.25) is 0 Å². The minimum atomic E-state index is 0.266. The number of nitrogens with one attached hydrogen (secondary N) is 1. The Bertz CT molecular complexity index is 323. The highest BCUT2D eigenvalue weighted by molar-refractivity contribution is 5.26. The van der Waals surface area contributed by atoms with E-state index in [1.54, 1.807) is 0 Å². The quantitative estimate of drug-likeness (QED) is 0.739. The predicted octanol–water partition coefficient (Wildman–Crippen LogP) is 1.99. The molecule has 1 atom stereocenters. The van der Waals surface area contributed by atoms with Crippen LogP contribution in [0.25, 0.3) is 0 Å². The third-order valence-corrected chi connectivity index (χ3v) is 2.07. The molecule has 1 aromatic carbocycles. The second-order valence-corrected chi connectivity index (χ2v) is 3.61. The van der Waals surface area contributed by atoms with Crippen molar-refractivity contribution in [2.24, 2.45) is 0 Å². The van der Waals surface area contributed by atoms with Gasteiger partial charge in [-0.2, -0.15) is 0 Å². The van der Waals surface area contributed by atoms with Gasteiger partial charge in [-0.1, -0.05) is 23.6 Å². The van der Waals surface area contributed by atoms with Gasteiger partial charge in [0.1, 0.15) is 12.4 Å². The van der Waals surface area contributed by atoms with Crippen LogP contribution in [-0.4, -0.2) is 19.2 Å². The Morgan fingerprint density at radius 1 is 1.40 bits per heavy atom. The van der Waals surface area contributed by atoms with Crippen LogP contribution in [-0.2, 0) is 0 Å². The second-order valence-electron chi connectivity index (χ2n) is 3.61. The van der Waals surface area contributed by atoms with Crippen LogP contribution in [0, 0.1) is 19.3 Å². The van der Waals surface area contributed by atoms with Crippen molar-refractivity contribution in [3.63, 3.8) is 0 Å². The first-order valence-corrected chi connectivity index (χ1v) is 5.08. The molecule has 0 spiro atoms. The zero-order chi connectivity index (χ0) is 11.1. The number of benzene rings is 1. The molecule has 1 N–H and O–H groups in total. The molecule has 0 aliphatic carbocycles. The number of rotatable bonds is 5. The van der Waals surface area contributed by atoms with Gasteiger partial charge in [0, 0.05) is 6.04 Å². The van der Waals surface area contributed by atoms with Gasteiger partial charge in [0.15, 0.2) is 0 Å². The average molecular weight is 203 g/mol. The maximum atomic E-state index is 5.59. The van der Waals surface area contributed by atoms with Crippen LogP contribution in [0.4, 0.5) is 0 Å². The normalized spacial score (nSPS) is 11.8. The van der Waals surface area contributed by atoms with Crippen molar-refractivity contribution >= 4 is 0 Å². The second kappa shape index (κ2) is 6.10. The molecule has 15 heavy (non-hydrogen) atoms. The summed E-state index contributed by atoms with van der Waals surface area (Å²) < 4.78 is 5.59. The lowest BCUT2D eigenvalue weighted by molar-refractivity contribution is 0.277. The van der Waals surface area contributed by atoms with E-state index in [1.807, 2.05) is 31.2 Å². The minimum Gasteiger partial charge on any atom is -0.492 e. The topological polar surface area (TPSA) is 21.3 Å². The predicted molar refractivity (Wildman–Crippen MR) is 63.0 cm³/mol. The summed E-state index contributed by atoms with van der Waals surface area (Å²) in [5, 5.41) is 3.15. The summed E-state index contributed by atoms with van der Waals surface area (Å²) in [6.45, 7) is 5.32. The lowest BCUT2D eigenvalue weighted by atomic mass is 10.2. The van der Waals surface area contributed by atoms with E-state index in [4.69, 9.17) is 11.2 Å². The summed E-state index contributed by atoms with van der Waals surface area (Å²) >= 11 is 0. The van der Waals surface area contributed by atoms with E-state index in [1.165, 1.54) is 5.56 Å². The first kappa shape index (κ1) is 11.6. The van der Waals surface area contributed by atoms with Crippen molar-refractivity contribution in [1.82, 2.24) is 5.32 Å². The molecule has 2 nitrogen and oxygen atoms in total. The molecule has 0 saturated carbocycles. The van der Waals surface area contributed by atoms with E-state index in [-0.39, 0.29) is 6.04 Å². The number of hydrogen-bond donors (Lipinski definition) is 1. The molecule has 0 radical (unpaired) electrons. The van der Waals surface area contributed by atoms with Crippen molar-refractivity contribution < 1.29 is 4.74 Å². The fourth-order valence-electron chi connectivity index (χ4n) is 1.15. The van der Waals surface area contributed by atoms with Gasteiger partial charge < -0.3 is 10.1 Å². The molecule has 1 aromatic rings. The Morgan fingerprint density at radius 3 is 2.67 bits per heavy atom. The minimum absolute atomic E-state index is 0.266. The zero-order valence-corrected chi connectivity index (χ0v) is 9.29. The molecule has 0 fully saturated rings. The SMILES string of the molecule is C#CCNC(C)COc1ccc(C)cc1. The molecule has 0 aliphatic heterocycles. The smallest absolute Gasteiger partial charge is 0.119 e. The molecule has 0 aliphatic rings. The highest BCUT2D eigenvalue weighted by atomic mass is 16.5. The molecule has 0 heterocycles. The van der Waals surface area contributed by atoms with Crippen molar-refractivity contribution in [1.29, 1.82) is 0 Å². The molecule has 0 bridgehead atoms. The van der Waals surface area contributed by atoms with E-state index in [0.29, 0.717) is 13.2 Å². The fraction of sp³-hybridized carbons (Fsp3) is 0.385.